The van der Waals surface area contributed by atoms with E-state index >= 15 is 0 Å². The van der Waals surface area contributed by atoms with Crippen molar-refractivity contribution in [1.82, 2.24) is 13.9 Å². The fourth-order valence-electron chi connectivity index (χ4n) is 1.99. The first kappa shape index (κ1) is 17.6. The van der Waals surface area contributed by atoms with Gasteiger partial charge in [0, 0.05) is 26.3 Å². The van der Waals surface area contributed by atoms with E-state index in [2.05, 4.69) is 9.72 Å². The summed E-state index contributed by atoms with van der Waals surface area (Å²) in [6, 6.07) is 0. The number of nitrogens with zero attached hydrogens (tertiary/aromatic N) is 3. The van der Waals surface area contributed by atoms with Crippen molar-refractivity contribution in [2.45, 2.75) is 38.8 Å². The molecule has 0 radical (unpaired) electrons. The number of carbonyl (C=O) groups excluding carboxylic acids is 1. The molecule has 0 spiro atoms. The SMILES string of the molecule is CCCn1cc(S(=O)(=O)N(C)CC(C)C(=O)OC)nc1C. The number of carbonyl (C=O) groups is 1. The van der Waals surface area contributed by atoms with Gasteiger partial charge in [-0.1, -0.05) is 13.8 Å². The van der Waals surface area contributed by atoms with Gasteiger partial charge in [-0.15, -0.1) is 0 Å². The van der Waals surface area contributed by atoms with Crippen LogP contribution in [-0.2, 0) is 26.1 Å². The van der Waals surface area contributed by atoms with E-state index in [0.717, 1.165) is 17.3 Å². The second kappa shape index (κ2) is 7.04. The first-order chi connectivity index (χ1) is 9.73. The lowest BCUT2D eigenvalue weighted by Crippen LogP contribution is -2.34. The highest BCUT2D eigenvalue weighted by Crippen LogP contribution is 2.16. The van der Waals surface area contributed by atoms with Gasteiger partial charge in [0.25, 0.3) is 10.0 Å². The van der Waals surface area contributed by atoms with Crippen LogP contribution >= 0.6 is 0 Å². The zero-order valence-electron chi connectivity index (χ0n) is 13.2. The van der Waals surface area contributed by atoms with Crippen LogP contribution in [0.4, 0.5) is 0 Å². The summed E-state index contributed by atoms with van der Waals surface area (Å²) in [7, 11) is -0.988. The topological polar surface area (TPSA) is 81.5 Å². The Bertz CT molecular complexity index is 595. The number of ether oxygens (including phenoxy) is 1. The van der Waals surface area contributed by atoms with Crippen LogP contribution in [0.1, 0.15) is 26.1 Å². The number of sulfonamides is 1. The van der Waals surface area contributed by atoms with Crippen LogP contribution in [0, 0.1) is 12.8 Å². The lowest BCUT2D eigenvalue weighted by Gasteiger charge is -2.18. The van der Waals surface area contributed by atoms with Gasteiger partial charge in [0.15, 0.2) is 5.03 Å². The van der Waals surface area contributed by atoms with Crippen molar-refractivity contribution in [3.63, 3.8) is 0 Å². The second-order valence-electron chi connectivity index (χ2n) is 5.03. The van der Waals surface area contributed by atoms with Gasteiger partial charge in [0.1, 0.15) is 5.82 Å². The second-order valence-corrected chi connectivity index (χ2v) is 7.02. The van der Waals surface area contributed by atoms with Crippen LogP contribution in [0.15, 0.2) is 11.2 Å². The molecule has 0 saturated heterocycles. The van der Waals surface area contributed by atoms with Crippen molar-refractivity contribution in [1.29, 1.82) is 0 Å². The molecule has 1 aromatic heterocycles. The summed E-state index contributed by atoms with van der Waals surface area (Å²) in [6.07, 6.45) is 2.43. The smallest absolute Gasteiger partial charge is 0.309 e. The largest absolute Gasteiger partial charge is 0.469 e. The van der Waals surface area contributed by atoms with E-state index < -0.39 is 21.9 Å². The van der Waals surface area contributed by atoms with Crippen molar-refractivity contribution in [2.75, 3.05) is 20.7 Å². The van der Waals surface area contributed by atoms with Crippen LogP contribution in [0.5, 0.6) is 0 Å². The Morgan fingerprint density at radius 2 is 2.14 bits per heavy atom. The summed E-state index contributed by atoms with van der Waals surface area (Å²) in [4.78, 5) is 15.5. The first-order valence-electron chi connectivity index (χ1n) is 6.82. The van der Waals surface area contributed by atoms with E-state index in [1.165, 1.54) is 20.4 Å². The number of methoxy groups -OCH3 is 1. The van der Waals surface area contributed by atoms with E-state index in [0.29, 0.717) is 5.82 Å². The molecule has 0 fully saturated rings. The highest BCUT2D eigenvalue weighted by Gasteiger charge is 2.27. The van der Waals surface area contributed by atoms with Gasteiger partial charge in [0.2, 0.25) is 0 Å². The molecule has 0 aromatic carbocycles. The Labute approximate surface area is 126 Å². The van der Waals surface area contributed by atoms with Crippen molar-refractivity contribution in [3.05, 3.63) is 12.0 Å². The lowest BCUT2D eigenvalue weighted by molar-refractivity contribution is -0.144. The molecule has 120 valence electrons. The molecule has 0 aliphatic heterocycles. The maximum atomic E-state index is 12.4. The molecule has 1 unspecified atom stereocenters. The van der Waals surface area contributed by atoms with Crippen molar-refractivity contribution in [2.24, 2.45) is 5.92 Å². The molecule has 1 heterocycles. The van der Waals surface area contributed by atoms with Gasteiger partial charge in [-0.05, 0) is 13.3 Å². The van der Waals surface area contributed by atoms with Crippen LogP contribution in [0.25, 0.3) is 0 Å². The third-order valence-corrected chi connectivity index (χ3v) is 4.92. The zero-order chi connectivity index (χ0) is 16.2. The number of esters is 1. The van der Waals surface area contributed by atoms with Gasteiger partial charge < -0.3 is 9.30 Å². The molecule has 0 amide bonds. The standard InChI is InChI=1S/C13H23N3O4S/c1-6-7-16-9-12(14-11(16)3)21(18,19)15(4)8-10(2)13(17)20-5/h9-10H,6-8H2,1-5H3. The van der Waals surface area contributed by atoms with E-state index in [-0.39, 0.29) is 11.6 Å². The Kier molecular flexibility index (Phi) is 5.91. The van der Waals surface area contributed by atoms with Crippen LogP contribution < -0.4 is 0 Å². The summed E-state index contributed by atoms with van der Waals surface area (Å²) in [5.74, 6) is -0.316. The van der Waals surface area contributed by atoms with Gasteiger partial charge in [-0.3, -0.25) is 4.79 Å². The third-order valence-electron chi connectivity index (χ3n) is 3.23. The molecule has 1 aromatic rings. The fourth-order valence-corrected chi connectivity index (χ4v) is 3.24. The van der Waals surface area contributed by atoms with Gasteiger partial charge in [0.05, 0.1) is 13.0 Å². The molecule has 0 aliphatic rings. The lowest BCUT2D eigenvalue weighted by atomic mass is 10.2. The molecule has 0 bridgehead atoms. The number of aryl methyl sites for hydroxylation is 2. The summed E-state index contributed by atoms with van der Waals surface area (Å²) in [5, 5.41) is 0.00742. The Morgan fingerprint density at radius 1 is 1.52 bits per heavy atom. The Hall–Kier alpha value is -1.41. The van der Waals surface area contributed by atoms with Crippen LogP contribution in [0.3, 0.4) is 0 Å². The average Bonchev–Trinajstić information content (AvgIpc) is 2.80. The number of imidazole rings is 1. The molecule has 0 N–H and O–H groups in total. The minimum Gasteiger partial charge on any atom is -0.469 e. The highest BCUT2D eigenvalue weighted by atomic mass is 32.2. The number of hydrogen-bond donors (Lipinski definition) is 0. The number of hydrogen-bond acceptors (Lipinski definition) is 5. The molecule has 1 atom stereocenters. The van der Waals surface area contributed by atoms with E-state index in [1.54, 1.807) is 13.8 Å². The summed E-state index contributed by atoms with van der Waals surface area (Å²) in [6.45, 7) is 6.17. The minimum atomic E-state index is -3.70. The van der Waals surface area contributed by atoms with Gasteiger partial charge >= 0.3 is 5.97 Å². The summed E-state index contributed by atoms with van der Waals surface area (Å²) >= 11 is 0. The summed E-state index contributed by atoms with van der Waals surface area (Å²) < 4.78 is 32.4. The number of aromatic nitrogens is 2. The average molecular weight is 317 g/mol. The molecule has 0 aliphatic carbocycles. The number of rotatable bonds is 7. The normalized spacial score (nSPS) is 13.4. The van der Waals surface area contributed by atoms with E-state index in [9.17, 15) is 13.2 Å². The first-order valence-corrected chi connectivity index (χ1v) is 8.26. The van der Waals surface area contributed by atoms with Gasteiger partial charge in [-0.2, -0.15) is 4.31 Å². The Morgan fingerprint density at radius 3 is 2.67 bits per heavy atom. The molecule has 0 saturated carbocycles. The van der Waals surface area contributed by atoms with Crippen molar-refractivity contribution >= 4 is 16.0 Å². The van der Waals surface area contributed by atoms with Crippen molar-refractivity contribution < 1.29 is 17.9 Å². The zero-order valence-corrected chi connectivity index (χ0v) is 14.0. The monoisotopic (exact) mass is 317 g/mol. The fraction of sp³-hybridized carbons (Fsp3) is 0.692. The van der Waals surface area contributed by atoms with Crippen LogP contribution in [-0.4, -0.2) is 48.9 Å². The molecule has 7 nitrogen and oxygen atoms in total. The maximum Gasteiger partial charge on any atom is 0.309 e. The molecule has 21 heavy (non-hydrogen) atoms. The predicted octanol–water partition coefficient (Wildman–Crippen LogP) is 1.03. The quantitative estimate of drug-likeness (QED) is 0.702. The minimum absolute atomic E-state index is 0.00742. The van der Waals surface area contributed by atoms with E-state index in [1.807, 2.05) is 11.5 Å². The highest BCUT2D eigenvalue weighted by molar-refractivity contribution is 7.89. The maximum absolute atomic E-state index is 12.4. The van der Waals surface area contributed by atoms with Crippen LogP contribution in [0.2, 0.25) is 0 Å². The Balaban J connectivity index is 2.94. The van der Waals surface area contributed by atoms with Gasteiger partial charge in [-0.25, -0.2) is 13.4 Å². The molecular formula is C13H23N3O4S. The summed E-state index contributed by atoms with van der Waals surface area (Å²) in [5.41, 5.74) is 0. The molecular weight excluding hydrogens is 294 g/mol. The molecule has 1 rings (SSSR count). The van der Waals surface area contributed by atoms with Crippen molar-refractivity contribution in [3.8, 4) is 0 Å². The third kappa shape index (κ3) is 4.04. The predicted molar refractivity (Wildman–Crippen MR) is 78.3 cm³/mol. The molecule has 8 heteroatoms. The van der Waals surface area contributed by atoms with E-state index in [4.69, 9.17) is 0 Å².